The number of aliphatic hydroxyl groups excluding tert-OH is 1. The van der Waals surface area contributed by atoms with Crippen molar-refractivity contribution in [1.29, 1.82) is 0 Å². The minimum absolute atomic E-state index is 0.0104. The molecule has 1 saturated heterocycles. The van der Waals surface area contributed by atoms with E-state index in [1.807, 2.05) is 34.9 Å². The molecule has 6 rings (SSSR count). The number of para-hydroxylation sites is 2. The first-order chi connectivity index (χ1) is 17.0. The van der Waals surface area contributed by atoms with Gasteiger partial charge in [0.05, 0.1) is 30.2 Å². The Bertz CT molecular complexity index is 1480. The van der Waals surface area contributed by atoms with Crippen LogP contribution in [0.4, 0.5) is 11.8 Å². The zero-order valence-corrected chi connectivity index (χ0v) is 19.2. The van der Waals surface area contributed by atoms with Gasteiger partial charge in [0.2, 0.25) is 5.95 Å². The first-order valence-electron chi connectivity index (χ1n) is 11.9. The van der Waals surface area contributed by atoms with Crippen molar-refractivity contribution in [3.05, 3.63) is 82.1 Å². The second-order valence-electron chi connectivity index (χ2n) is 9.29. The normalized spacial score (nSPS) is 20.4. The van der Waals surface area contributed by atoms with E-state index < -0.39 is 6.10 Å². The summed E-state index contributed by atoms with van der Waals surface area (Å²) in [5, 5.41) is 18.9. The van der Waals surface area contributed by atoms with E-state index in [-0.39, 0.29) is 23.9 Å². The summed E-state index contributed by atoms with van der Waals surface area (Å²) < 4.78 is 3.32. The van der Waals surface area contributed by atoms with Crippen LogP contribution in [0.1, 0.15) is 28.8 Å². The van der Waals surface area contributed by atoms with Crippen molar-refractivity contribution in [3.8, 4) is 0 Å². The molecule has 4 aromatic rings. The van der Waals surface area contributed by atoms with E-state index in [9.17, 15) is 14.7 Å². The van der Waals surface area contributed by atoms with Crippen molar-refractivity contribution >= 4 is 28.7 Å². The molecule has 2 aromatic heterocycles. The van der Waals surface area contributed by atoms with Gasteiger partial charge in [-0.25, -0.2) is 9.67 Å². The van der Waals surface area contributed by atoms with Crippen LogP contribution in [0.15, 0.2) is 65.5 Å². The lowest BCUT2D eigenvalue weighted by Gasteiger charge is -2.36. The number of aromatic nitrogens is 4. The summed E-state index contributed by atoms with van der Waals surface area (Å²) in [4.78, 5) is 32.5. The second-order valence-corrected chi connectivity index (χ2v) is 9.29. The molecule has 35 heavy (non-hydrogen) atoms. The number of piperidine rings is 1. The maximum Gasteiger partial charge on any atom is 0.267 e. The first-order valence-corrected chi connectivity index (χ1v) is 11.9. The van der Waals surface area contributed by atoms with Crippen LogP contribution in [0.3, 0.4) is 0 Å². The molecular weight excluding hydrogens is 444 g/mol. The average molecular weight is 471 g/mol. The van der Waals surface area contributed by atoms with Crippen molar-refractivity contribution in [2.75, 3.05) is 23.3 Å². The number of rotatable bonds is 0. The summed E-state index contributed by atoms with van der Waals surface area (Å²) in [5.41, 5.74) is 2.67. The molecule has 9 heteroatoms. The number of hydrogen-bond acceptors (Lipinski definition) is 6. The van der Waals surface area contributed by atoms with Crippen molar-refractivity contribution in [2.24, 2.45) is 5.92 Å². The molecule has 1 amide bonds. The fourth-order valence-electron chi connectivity index (χ4n) is 5.10. The van der Waals surface area contributed by atoms with Gasteiger partial charge < -0.3 is 14.6 Å². The quantitative estimate of drug-likeness (QED) is 0.409. The Morgan fingerprint density at radius 2 is 1.89 bits per heavy atom. The highest BCUT2D eigenvalue weighted by atomic mass is 16.3. The Labute approximate surface area is 201 Å². The third-order valence-corrected chi connectivity index (χ3v) is 6.95. The van der Waals surface area contributed by atoms with Crippen LogP contribution in [0.5, 0.6) is 0 Å². The number of imidazole rings is 1. The van der Waals surface area contributed by atoms with E-state index >= 15 is 0 Å². The number of carbonyl (C=O) groups excluding carboxylic acids is 1. The minimum Gasteiger partial charge on any atom is -0.391 e. The van der Waals surface area contributed by atoms with Gasteiger partial charge in [0.15, 0.2) is 0 Å². The van der Waals surface area contributed by atoms with Gasteiger partial charge in [-0.2, -0.15) is 5.10 Å². The highest BCUT2D eigenvalue weighted by Crippen LogP contribution is 2.27. The molecule has 2 aromatic carbocycles. The standard InChI is InChI=1S/C26H26N6O3/c33-22-16-31-21-9-2-1-8-20(21)27-26(31)28-25(35)18-6-3-5-17(13-18)14-32-24(34)11-10-23(29-32)30-12-4-7-19(22)15-30/h1-3,5-6,8-11,13,19,22,33H,4,7,12,14-16H2,(H,27,28,35)/t19-,22+/m1/s1. The maximum atomic E-state index is 13.2. The van der Waals surface area contributed by atoms with Crippen LogP contribution >= 0.6 is 0 Å². The van der Waals surface area contributed by atoms with Gasteiger partial charge in [0, 0.05) is 30.6 Å². The van der Waals surface area contributed by atoms with E-state index in [4.69, 9.17) is 0 Å². The lowest BCUT2D eigenvalue weighted by Crippen LogP contribution is -2.43. The van der Waals surface area contributed by atoms with Gasteiger partial charge in [-0.15, -0.1) is 0 Å². The smallest absolute Gasteiger partial charge is 0.267 e. The molecule has 0 spiro atoms. The van der Waals surface area contributed by atoms with Crippen LogP contribution in [0.2, 0.25) is 0 Å². The predicted octanol–water partition coefficient (Wildman–Crippen LogP) is 2.48. The molecule has 1 fully saturated rings. The van der Waals surface area contributed by atoms with Gasteiger partial charge >= 0.3 is 0 Å². The van der Waals surface area contributed by atoms with E-state index in [1.165, 1.54) is 10.7 Å². The topological polar surface area (TPSA) is 105 Å². The number of amides is 1. The monoisotopic (exact) mass is 470 g/mol. The summed E-state index contributed by atoms with van der Waals surface area (Å²) in [6.45, 7) is 2.02. The zero-order chi connectivity index (χ0) is 23.9. The second kappa shape index (κ2) is 8.66. The SMILES string of the molecule is O=C1Nc2nc3ccccc3n2C[C@H](O)[C@@H]2CCCN(C2)c2ccc(=O)n(n2)Cc2cccc1c2. The number of nitrogens with zero attached hydrogens (tertiary/aromatic N) is 5. The molecule has 178 valence electrons. The molecule has 2 aliphatic rings. The van der Waals surface area contributed by atoms with Crippen LogP contribution in [0, 0.1) is 5.92 Å². The summed E-state index contributed by atoms with van der Waals surface area (Å²) in [7, 11) is 0. The number of aliphatic hydroxyl groups is 1. The van der Waals surface area contributed by atoms with Crippen LogP contribution in [-0.4, -0.2) is 49.5 Å². The molecular formula is C26H26N6O3. The number of benzene rings is 2. The predicted molar refractivity (Wildman–Crippen MR) is 133 cm³/mol. The van der Waals surface area contributed by atoms with Crippen LogP contribution in [0.25, 0.3) is 11.0 Å². The Morgan fingerprint density at radius 3 is 2.80 bits per heavy atom. The lowest BCUT2D eigenvalue weighted by atomic mass is 9.92. The molecule has 0 saturated carbocycles. The third-order valence-electron chi connectivity index (χ3n) is 6.95. The summed E-state index contributed by atoms with van der Waals surface area (Å²) >= 11 is 0. The summed E-state index contributed by atoms with van der Waals surface area (Å²) in [6, 6.07) is 18.1. The highest BCUT2D eigenvalue weighted by molar-refractivity contribution is 6.04. The van der Waals surface area contributed by atoms with Crippen LogP contribution < -0.4 is 15.8 Å². The van der Waals surface area contributed by atoms with Crippen molar-refractivity contribution < 1.29 is 9.90 Å². The molecule has 6 bridgehead atoms. The fourth-order valence-corrected chi connectivity index (χ4v) is 5.10. The number of nitrogens with one attached hydrogen (secondary N) is 1. The number of carbonyl (C=O) groups is 1. The minimum atomic E-state index is -0.645. The van der Waals surface area contributed by atoms with Gasteiger partial charge in [-0.05, 0) is 48.7 Å². The molecule has 9 nitrogen and oxygen atoms in total. The summed E-state index contributed by atoms with van der Waals surface area (Å²) in [5.74, 6) is 0.832. The van der Waals surface area contributed by atoms with Crippen molar-refractivity contribution in [1.82, 2.24) is 19.3 Å². The van der Waals surface area contributed by atoms with E-state index in [1.54, 1.807) is 24.3 Å². The lowest BCUT2D eigenvalue weighted by molar-refractivity contribution is 0.0825. The molecule has 0 radical (unpaired) electrons. The molecule has 4 heterocycles. The Morgan fingerprint density at radius 1 is 1.00 bits per heavy atom. The zero-order valence-electron chi connectivity index (χ0n) is 19.2. The van der Waals surface area contributed by atoms with Gasteiger partial charge in [0.25, 0.3) is 11.5 Å². The Kier molecular flexibility index (Phi) is 5.33. The molecule has 0 aliphatic carbocycles. The van der Waals surface area contributed by atoms with Gasteiger partial charge in [0.1, 0.15) is 5.82 Å². The molecule has 2 atom stereocenters. The number of anilines is 2. The molecule has 0 unspecified atom stereocenters. The highest BCUT2D eigenvalue weighted by Gasteiger charge is 2.29. The maximum absolute atomic E-state index is 13.2. The first kappa shape index (κ1) is 21.5. The molecule has 2 aliphatic heterocycles. The Balaban J connectivity index is 1.47. The third kappa shape index (κ3) is 4.08. The average Bonchev–Trinajstić information content (AvgIpc) is 3.21. The van der Waals surface area contributed by atoms with Gasteiger partial charge in [-0.1, -0.05) is 24.3 Å². The van der Waals surface area contributed by atoms with Gasteiger partial charge in [-0.3, -0.25) is 14.9 Å². The van der Waals surface area contributed by atoms with E-state index in [0.717, 1.165) is 41.8 Å². The number of fused-ring (bicyclic) bond motifs is 10. The fraction of sp³-hybridized carbons (Fsp3) is 0.308. The van der Waals surface area contributed by atoms with E-state index in [2.05, 4.69) is 20.3 Å². The molecule has 2 N–H and O–H groups in total. The van der Waals surface area contributed by atoms with Crippen molar-refractivity contribution in [3.63, 3.8) is 0 Å². The van der Waals surface area contributed by atoms with Crippen molar-refractivity contribution in [2.45, 2.75) is 32.0 Å². The largest absolute Gasteiger partial charge is 0.391 e. The van der Waals surface area contributed by atoms with E-state index in [0.29, 0.717) is 24.6 Å². The Hall–Kier alpha value is -3.98. The summed E-state index contributed by atoms with van der Waals surface area (Å²) in [6.07, 6.45) is 1.16. The van der Waals surface area contributed by atoms with Crippen LogP contribution in [-0.2, 0) is 13.1 Å². The number of hydrogen-bond donors (Lipinski definition) is 2.